The fourth-order valence-electron chi connectivity index (χ4n) is 3.06. The largest absolute Gasteiger partial charge is 0.497 e. The average molecular weight is 392 g/mol. The molecule has 1 amide bonds. The van der Waals surface area contributed by atoms with Crippen molar-refractivity contribution in [1.29, 1.82) is 0 Å². The first-order chi connectivity index (χ1) is 13.5. The molecule has 28 heavy (non-hydrogen) atoms. The number of aromatic nitrogens is 1. The lowest BCUT2D eigenvalue weighted by Crippen LogP contribution is -2.11. The number of methoxy groups -OCH3 is 1. The van der Waals surface area contributed by atoms with Crippen LogP contribution < -0.4 is 10.1 Å². The van der Waals surface area contributed by atoms with E-state index < -0.39 is 0 Å². The summed E-state index contributed by atoms with van der Waals surface area (Å²) < 4.78 is 11.0. The van der Waals surface area contributed by atoms with E-state index in [0.29, 0.717) is 10.7 Å². The summed E-state index contributed by atoms with van der Waals surface area (Å²) in [7, 11) is 1.61. The summed E-state index contributed by atoms with van der Waals surface area (Å²) in [6, 6.07) is 11.7. The van der Waals surface area contributed by atoms with Crippen LogP contribution in [0.5, 0.6) is 5.75 Å². The highest BCUT2D eigenvalue weighted by Crippen LogP contribution is 2.30. The molecule has 4 aromatic rings. The van der Waals surface area contributed by atoms with Gasteiger partial charge in [0, 0.05) is 21.9 Å². The molecule has 0 spiro atoms. The molecule has 2 aromatic carbocycles. The van der Waals surface area contributed by atoms with Crippen molar-refractivity contribution in [2.75, 3.05) is 12.4 Å². The number of furan rings is 1. The van der Waals surface area contributed by atoms with E-state index in [1.807, 2.05) is 30.5 Å². The number of carbonyl (C=O) groups excluding carboxylic acids is 1. The normalized spacial score (nSPS) is 11.0. The summed E-state index contributed by atoms with van der Waals surface area (Å²) in [4.78, 5) is 17.3. The predicted octanol–water partition coefficient (Wildman–Crippen LogP) is 5.74. The van der Waals surface area contributed by atoms with Crippen molar-refractivity contribution in [2.24, 2.45) is 0 Å². The Morgan fingerprint density at radius 2 is 1.93 bits per heavy atom. The third-order valence-electron chi connectivity index (χ3n) is 4.88. The maximum atomic E-state index is 12.7. The molecule has 0 aliphatic carbocycles. The molecule has 0 radical (unpaired) electrons. The second kappa shape index (κ2) is 7.13. The number of anilines is 1. The van der Waals surface area contributed by atoms with Crippen LogP contribution in [0.2, 0.25) is 0 Å². The van der Waals surface area contributed by atoms with Crippen molar-refractivity contribution >= 4 is 33.3 Å². The Labute approximate surface area is 167 Å². The number of carbonyl (C=O) groups is 1. The molecule has 0 aliphatic heterocycles. The number of nitrogens with zero attached hydrogens (tertiary/aromatic N) is 1. The third kappa shape index (κ3) is 3.27. The van der Waals surface area contributed by atoms with Crippen LogP contribution in [0, 0.1) is 20.8 Å². The van der Waals surface area contributed by atoms with Crippen LogP contribution in [0.3, 0.4) is 0 Å². The van der Waals surface area contributed by atoms with Crippen molar-refractivity contribution in [2.45, 2.75) is 20.8 Å². The molecule has 0 aliphatic rings. The molecule has 4 rings (SSSR count). The minimum atomic E-state index is -0.311. The number of ether oxygens (including phenoxy) is 1. The molecule has 0 unspecified atom stereocenters. The zero-order valence-electron chi connectivity index (χ0n) is 16.1. The van der Waals surface area contributed by atoms with Gasteiger partial charge in [0.25, 0.3) is 5.91 Å². The summed E-state index contributed by atoms with van der Waals surface area (Å²) in [5, 5.41) is 6.19. The van der Waals surface area contributed by atoms with E-state index in [0.717, 1.165) is 28.0 Å². The Balaban J connectivity index is 1.59. The minimum absolute atomic E-state index is 0.284. The predicted molar refractivity (Wildman–Crippen MR) is 112 cm³/mol. The summed E-state index contributed by atoms with van der Waals surface area (Å²) in [5.41, 5.74) is 5.76. The zero-order valence-corrected chi connectivity index (χ0v) is 16.9. The van der Waals surface area contributed by atoms with E-state index in [2.05, 4.69) is 36.3 Å². The number of amides is 1. The summed E-state index contributed by atoms with van der Waals surface area (Å²) in [6.45, 7) is 6.02. The Hall–Kier alpha value is -3.12. The topological polar surface area (TPSA) is 64.4 Å². The Kier molecular flexibility index (Phi) is 4.65. The molecule has 142 valence electrons. The highest BCUT2D eigenvalue weighted by Gasteiger charge is 2.19. The van der Waals surface area contributed by atoms with E-state index in [9.17, 15) is 4.79 Å². The van der Waals surface area contributed by atoms with Gasteiger partial charge in [-0.05, 0) is 56.2 Å². The average Bonchev–Trinajstić information content (AvgIpc) is 3.28. The molecular weight excluding hydrogens is 372 g/mol. The molecule has 0 saturated carbocycles. The fourth-order valence-corrected chi connectivity index (χ4v) is 3.78. The maximum absolute atomic E-state index is 12.7. The minimum Gasteiger partial charge on any atom is -0.497 e. The maximum Gasteiger partial charge on any atom is 0.293 e. The van der Waals surface area contributed by atoms with Gasteiger partial charge in [-0.3, -0.25) is 10.1 Å². The van der Waals surface area contributed by atoms with Crippen LogP contribution in [-0.2, 0) is 0 Å². The number of benzene rings is 2. The molecule has 2 heterocycles. The van der Waals surface area contributed by atoms with E-state index >= 15 is 0 Å². The van der Waals surface area contributed by atoms with Gasteiger partial charge in [-0.15, -0.1) is 11.3 Å². The fraction of sp³-hybridized carbons (Fsp3) is 0.182. The molecule has 1 N–H and O–H groups in total. The second-order valence-electron chi connectivity index (χ2n) is 6.71. The molecular formula is C22H20N2O3S. The first kappa shape index (κ1) is 18.3. The van der Waals surface area contributed by atoms with Crippen molar-refractivity contribution in [3.05, 3.63) is 64.2 Å². The van der Waals surface area contributed by atoms with E-state index in [-0.39, 0.29) is 11.7 Å². The van der Waals surface area contributed by atoms with Gasteiger partial charge in [0.15, 0.2) is 10.9 Å². The van der Waals surface area contributed by atoms with Gasteiger partial charge in [0.2, 0.25) is 0 Å². The number of hydrogen-bond acceptors (Lipinski definition) is 5. The molecule has 0 fully saturated rings. The monoisotopic (exact) mass is 392 g/mol. The zero-order chi connectivity index (χ0) is 19.8. The molecule has 6 heteroatoms. The number of nitrogens with one attached hydrogen (secondary N) is 1. The van der Waals surface area contributed by atoms with Crippen molar-refractivity contribution in [3.63, 3.8) is 0 Å². The van der Waals surface area contributed by atoms with E-state index in [1.165, 1.54) is 22.5 Å². The van der Waals surface area contributed by atoms with E-state index in [1.54, 1.807) is 13.2 Å². The standard InChI is InChI=1S/C22H20N2O3S/c1-12-5-6-15(9-13(12)2)18-11-28-22(23-18)24-21(25)20-14(3)17-10-16(26-4)7-8-19(17)27-20/h5-11H,1-4H3,(H,23,24,25). The second-order valence-corrected chi connectivity index (χ2v) is 7.57. The summed E-state index contributed by atoms with van der Waals surface area (Å²) >= 11 is 1.39. The SMILES string of the molecule is COc1ccc2oc(C(=O)Nc3nc(-c4ccc(C)c(C)c4)cs3)c(C)c2c1. The Bertz CT molecular complexity index is 1190. The number of hydrogen-bond donors (Lipinski definition) is 1. The van der Waals surface area contributed by atoms with Crippen molar-refractivity contribution in [1.82, 2.24) is 4.98 Å². The van der Waals surface area contributed by atoms with Gasteiger partial charge in [0.1, 0.15) is 11.3 Å². The first-order valence-corrected chi connectivity index (χ1v) is 9.76. The number of fused-ring (bicyclic) bond motifs is 1. The molecule has 5 nitrogen and oxygen atoms in total. The lowest BCUT2D eigenvalue weighted by atomic mass is 10.1. The van der Waals surface area contributed by atoms with Gasteiger partial charge in [-0.25, -0.2) is 4.98 Å². The van der Waals surface area contributed by atoms with Crippen LogP contribution in [-0.4, -0.2) is 18.0 Å². The Morgan fingerprint density at radius 3 is 2.68 bits per heavy atom. The lowest BCUT2D eigenvalue weighted by Gasteiger charge is -2.02. The molecule has 2 aromatic heterocycles. The summed E-state index contributed by atoms with van der Waals surface area (Å²) in [5.74, 6) is 0.696. The van der Waals surface area contributed by atoms with Gasteiger partial charge >= 0.3 is 0 Å². The molecule has 0 saturated heterocycles. The van der Waals surface area contributed by atoms with Gasteiger partial charge < -0.3 is 9.15 Å². The molecule has 0 atom stereocenters. The van der Waals surface area contributed by atoms with Crippen LogP contribution in [0.25, 0.3) is 22.2 Å². The summed E-state index contributed by atoms with van der Waals surface area (Å²) in [6.07, 6.45) is 0. The Morgan fingerprint density at radius 1 is 1.11 bits per heavy atom. The number of rotatable bonds is 4. The van der Waals surface area contributed by atoms with Gasteiger partial charge in [0.05, 0.1) is 12.8 Å². The van der Waals surface area contributed by atoms with E-state index in [4.69, 9.17) is 9.15 Å². The molecule has 0 bridgehead atoms. The van der Waals surface area contributed by atoms with Gasteiger partial charge in [-0.1, -0.05) is 12.1 Å². The van der Waals surface area contributed by atoms with Crippen LogP contribution in [0.1, 0.15) is 27.2 Å². The van der Waals surface area contributed by atoms with Crippen molar-refractivity contribution < 1.29 is 13.9 Å². The van der Waals surface area contributed by atoms with Crippen LogP contribution in [0.4, 0.5) is 5.13 Å². The number of aryl methyl sites for hydroxylation is 3. The quantitative estimate of drug-likeness (QED) is 0.481. The van der Waals surface area contributed by atoms with Crippen molar-refractivity contribution in [3.8, 4) is 17.0 Å². The number of thiazole rings is 1. The van der Waals surface area contributed by atoms with Crippen LogP contribution in [0.15, 0.2) is 46.2 Å². The highest BCUT2D eigenvalue weighted by molar-refractivity contribution is 7.14. The highest BCUT2D eigenvalue weighted by atomic mass is 32.1. The third-order valence-corrected chi connectivity index (χ3v) is 5.63. The smallest absolute Gasteiger partial charge is 0.293 e. The van der Waals surface area contributed by atoms with Crippen LogP contribution >= 0.6 is 11.3 Å². The first-order valence-electron chi connectivity index (χ1n) is 8.88. The lowest BCUT2D eigenvalue weighted by molar-refractivity contribution is 0.0998. The van der Waals surface area contributed by atoms with Gasteiger partial charge in [-0.2, -0.15) is 0 Å².